The monoisotopic (exact) mass is 490 g/mol. The van der Waals surface area contributed by atoms with E-state index in [1.807, 2.05) is 32.9 Å². The van der Waals surface area contributed by atoms with Crippen molar-refractivity contribution in [1.82, 2.24) is 4.31 Å². The van der Waals surface area contributed by atoms with Gasteiger partial charge in [0, 0.05) is 12.2 Å². The number of hydrogen-bond donors (Lipinski definition) is 1. The Balaban J connectivity index is 1.92. The molecule has 0 saturated carbocycles. The van der Waals surface area contributed by atoms with E-state index in [2.05, 4.69) is 5.32 Å². The van der Waals surface area contributed by atoms with Crippen LogP contribution >= 0.6 is 23.2 Å². The largest absolute Gasteiger partial charge is 0.325 e. The summed E-state index contributed by atoms with van der Waals surface area (Å²) in [7, 11) is -3.95. The zero-order chi connectivity index (χ0) is 23.5. The maximum absolute atomic E-state index is 13.4. The Morgan fingerprint density at radius 3 is 2.28 bits per heavy atom. The van der Waals surface area contributed by atoms with Gasteiger partial charge in [0.15, 0.2) is 0 Å². The molecule has 0 bridgehead atoms. The quantitative estimate of drug-likeness (QED) is 0.458. The highest BCUT2D eigenvalue weighted by Gasteiger charge is 2.27. The highest BCUT2D eigenvalue weighted by atomic mass is 35.5. The molecule has 3 rings (SSSR count). The molecule has 1 N–H and O–H groups in total. The van der Waals surface area contributed by atoms with Crippen LogP contribution in [-0.4, -0.2) is 25.2 Å². The second-order valence-electron chi connectivity index (χ2n) is 7.63. The molecule has 5 nitrogen and oxygen atoms in total. The number of amides is 1. The Hall–Kier alpha value is -2.38. The van der Waals surface area contributed by atoms with Crippen molar-refractivity contribution in [3.05, 3.63) is 93.0 Å². The normalized spacial score (nSPS) is 11.6. The number of nitrogens with zero attached hydrogens (tertiary/aromatic N) is 1. The molecule has 0 aromatic heterocycles. The molecule has 0 atom stereocenters. The van der Waals surface area contributed by atoms with Crippen LogP contribution in [0.25, 0.3) is 0 Å². The summed E-state index contributed by atoms with van der Waals surface area (Å²) in [5, 5.41) is 3.52. The standard InChI is InChI=1S/C24H24Cl2N2O3S/c1-16-7-10-20(11-8-16)32(30,31)28(14-19-9-12-21(25)22(26)13-19)15-24(29)27-23-6-4-5-17(2)18(23)3/h4-13H,14-15H2,1-3H3,(H,27,29). The van der Waals surface area contributed by atoms with Gasteiger partial charge in [0.1, 0.15) is 0 Å². The number of aryl methyl sites for hydroxylation is 2. The zero-order valence-corrected chi connectivity index (χ0v) is 20.4. The number of anilines is 1. The van der Waals surface area contributed by atoms with Crippen LogP contribution < -0.4 is 5.32 Å². The van der Waals surface area contributed by atoms with E-state index >= 15 is 0 Å². The van der Waals surface area contributed by atoms with Gasteiger partial charge < -0.3 is 5.32 Å². The SMILES string of the molecule is Cc1ccc(S(=O)(=O)N(CC(=O)Nc2cccc(C)c2C)Cc2ccc(Cl)c(Cl)c2)cc1. The summed E-state index contributed by atoms with van der Waals surface area (Å²) >= 11 is 12.1. The molecule has 0 aliphatic carbocycles. The molecule has 0 aliphatic rings. The van der Waals surface area contributed by atoms with Crippen LogP contribution in [-0.2, 0) is 21.4 Å². The van der Waals surface area contributed by atoms with Gasteiger partial charge in [-0.1, -0.05) is 59.1 Å². The molecule has 32 heavy (non-hydrogen) atoms. The zero-order valence-electron chi connectivity index (χ0n) is 18.0. The fourth-order valence-corrected chi connectivity index (χ4v) is 4.87. The number of hydrogen-bond acceptors (Lipinski definition) is 3. The van der Waals surface area contributed by atoms with Gasteiger partial charge in [-0.15, -0.1) is 0 Å². The summed E-state index contributed by atoms with van der Waals surface area (Å²) < 4.78 is 27.9. The molecule has 0 aliphatic heterocycles. The van der Waals surface area contributed by atoms with Crippen molar-refractivity contribution in [2.75, 3.05) is 11.9 Å². The molecule has 0 saturated heterocycles. The fourth-order valence-electron chi connectivity index (χ4n) is 3.16. The fraction of sp³-hybridized carbons (Fsp3) is 0.208. The van der Waals surface area contributed by atoms with Gasteiger partial charge in [-0.3, -0.25) is 4.79 Å². The highest BCUT2D eigenvalue weighted by Crippen LogP contribution is 2.25. The van der Waals surface area contributed by atoms with Crippen LogP contribution in [0.4, 0.5) is 5.69 Å². The second kappa shape index (κ2) is 10.0. The predicted octanol–water partition coefficient (Wildman–Crippen LogP) is 5.75. The molecule has 0 spiro atoms. The molecule has 3 aromatic carbocycles. The van der Waals surface area contributed by atoms with E-state index in [0.29, 0.717) is 21.3 Å². The average molecular weight is 491 g/mol. The van der Waals surface area contributed by atoms with E-state index in [9.17, 15) is 13.2 Å². The third kappa shape index (κ3) is 5.70. The van der Waals surface area contributed by atoms with Crippen LogP contribution in [0.2, 0.25) is 10.0 Å². The van der Waals surface area contributed by atoms with Crippen molar-refractivity contribution in [3.63, 3.8) is 0 Å². The number of carbonyl (C=O) groups is 1. The van der Waals surface area contributed by atoms with Gasteiger partial charge in [-0.2, -0.15) is 4.31 Å². The van der Waals surface area contributed by atoms with Crippen molar-refractivity contribution in [2.45, 2.75) is 32.2 Å². The molecular weight excluding hydrogens is 467 g/mol. The first kappa shape index (κ1) is 24.3. The van der Waals surface area contributed by atoms with Crippen LogP contribution in [0.1, 0.15) is 22.3 Å². The Morgan fingerprint density at radius 1 is 0.938 bits per heavy atom. The number of benzene rings is 3. The molecule has 0 fully saturated rings. The smallest absolute Gasteiger partial charge is 0.243 e. The highest BCUT2D eigenvalue weighted by molar-refractivity contribution is 7.89. The molecular formula is C24H24Cl2N2O3S. The number of carbonyl (C=O) groups excluding carboxylic acids is 1. The second-order valence-corrected chi connectivity index (χ2v) is 10.4. The summed E-state index contributed by atoms with van der Waals surface area (Å²) in [4.78, 5) is 13.0. The van der Waals surface area contributed by atoms with E-state index < -0.39 is 15.9 Å². The van der Waals surface area contributed by atoms with Crippen molar-refractivity contribution in [3.8, 4) is 0 Å². The van der Waals surface area contributed by atoms with Crippen molar-refractivity contribution in [1.29, 1.82) is 0 Å². The van der Waals surface area contributed by atoms with Crippen LogP contribution in [0, 0.1) is 20.8 Å². The molecule has 3 aromatic rings. The minimum absolute atomic E-state index is 0.0344. The first-order valence-corrected chi connectivity index (χ1v) is 12.1. The van der Waals surface area contributed by atoms with Crippen molar-refractivity contribution < 1.29 is 13.2 Å². The van der Waals surface area contributed by atoms with Gasteiger partial charge in [-0.05, 0) is 67.8 Å². The number of rotatable bonds is 7. The minimum Gasteiger partial charge on any atom is -0.325 e. The number of sulfonamides is 1. The third-order valence-corrected chi connectivity index (χ3v) is 7.75. The lowest BCUT2D eigenvalue weighted by Gasteiger charge is -2.22. The summed E-state index contributed by atoms with van der Waals surface area (Å²) in [6, 6.07) is 17.0. The van der Waals surface area contributed by atoms with E-state index in [1.165, 1.54) is 12.1 Å². The Kier molecular flexibility index (Phi) is 7.62. The first-order valence-electron chi connectivity index (χ1n) is 9.95. The maximum atomic E-state index is 13.4. The van der Waals surface area contributed by atoms with E-state index in [-0.39, 0.29) is 18.0 Å². The Morgan fingerprint density at radius 2 is 1.62 bits per heavy atom. The lowest BCUT2D eigenvalue weighted by atomic mass is 10.1. The number of nitrogens with one attached hydrogen (secondary N) is 1. The molecule has 0 heterocycles. The van der Waals surface area contributed by atoms with E-state index in [1.54, 1.807) is 36.4 Å². The molecule has 8 heteroatoms. The van der Waals surface area contributed by atoms with E-state index in [4.69, 9.17) is 23.2 Å². The van der Waals surface area contributed by atoms with Crippen LogP contribution in [0.5, 0.6) is 0 Å². The van der Waals surface area contributed by atoms with Gasteiger partial charge >= 0.3 is 0 Å². The summed E-state index contributed by atoms with van der Waals surface area (Å²) in [5.41, 5.74) is 4.17. The molecule has 168 valence electrons. The van der Waals surface area contributed by atoms with Gasteiger partial charge in [0.2, 0.25) is 15.9 Å². The van der Waals surface area contributed by atoms with E-state index in [0.717, 1.165) is 21.0 Å². The van der Waals surface area contributed by atoms with Crippen molar-refractivity contribution in [2.24, 2.45) is 0 Å². The Labute approximate surface area is 199 Å². The molecule has 1 amide bonds. The Bertz CT molecular complexity index is 1240. The predicted molar refractivity (Wildman–Crippen MR) is 130 cm³/mol. The van der Waals surface area contributed by atoms with Crippen LogP contribution in [0.3, 0.4) is 0 Å². The van der Waals surface area contributed by atoms with Crippen molar-refractivity contribution >= 4 is 44.8 Å². The minimum atomic E-state index is -3.95. The summed E-state index contributed by atoms with van der Waals surface area (Å²) in [6.45, 7) is 5.34. The van der Waals surface area contributed by atoms with Gasteiger partial charge in [0.25, 0.3) is 0 Å². The summed E-state index contributed by atoms with van der Waals surface area (Å²) in [5.74, 6) is -0.436. The molecule has 0 unspecified atom stereocenters. The third-order valence-electron chi connectivity index (χ3n) is 5.20. The van der Waals surface area contributed by atoms with Crippen LogP contribution in [0.15, 0.2) is 65.6 Å². The lowest BCUT2D eigenvalue weighted by Crippen LogP contribution is -2.37. The lowest BCUT2D eigenvalue weighted by molar-refractivity contribution is -0.116. The first-order chi connectivity index (χ1) is 15.1. The summed E-state index contributed by atoms with van der Waals surface area (Å²) in [6.07, 6.45) is 0. The van der Waals surface area contributed by atoms with Gasteiger partial charge in [-0.25, -0.2) is 8.42 Å². The maximum Gasteiger partial charge on any atom is 0.243 e. The van der Waals surface area contributed by atoms with Gasteiger partial charge in [0.05, 0.1) is 21.5 Å². The topological polar surface area (TPSA) is 66.5 Å². The number of halogens is 2. The average Bonchev–Trinajstić information content (AvgIpc) is 2.74. The molecule has 0 radical (unpaired) electrons.